The molecule has 0 radical (unpaired) electrons. The van der Waals surface area contributed by atoms with Crippen molar-refractivity contribution >= 4 is 0 Å². The van der Waals surface area contributed by atoms with Crippen LogP contribution in [-0.4, -0.2) is 31.8 Å². The van der Waals surface area contributed by atoms with Crippen molar-refractivity contribution in [2.75, 3.05) is 20.7 Å². The van der Waals surface area contributed by atoms with Crippen LogP contribution in [0, 0.1) is 0 Å². The molecule has 0 aromatic carbocycles. The molecular weight excluding hydrogens is 106 g/mol. The van der Waals surface area contributed by atoms with Crippen molar-refractivity contribution in [2.45, 2.75) is 12.6 Å². The maximum Gasteiger partial charge on any atom is 0.148 e. The van der Waals surface area contributed by atoms with Gasteiger partial charge in [0, 0.05) is 6.42 Å². The average Bonchev–Trinajstić information content (AvgIpc) is 2.12. The Balaban J connectivity index is 2.24. The first-order valence-electron chi connectivity index (χ1n) is 2.75. The van der Waals surface area contributed by atoms with Gasteiger partial charge < -0.3 is 0 Å². The van der Waals surface area contributed by atoms with E-state index in [4.69, 9.17) is 4.89 Å². The largest absolute Gasteiger partial charge is 0.282 e. The van der Waals surface area contributed by atoms with Crippen LogP contribution < -0.4 is 0 Å². The first kappa shape index (κ1) is 6.01. The van der Waals surface area contributed by atoms with Crippen molar-refractivity contribution < 1.29 is 9.78 Å². The van der Waals surface area contributed by atoms with Gasteiger partial charge in [-0.2, -0.15) is 0 Å². The predicted octanol–water partition coefficient (Wildman–Crippen LogP) is 0.226. The summed E-state index contributed by atoms with van der Waals surface area (Å²) < 4.78 is 0. The van der Waals surface area contributed by atoms with Gasteiger partial charge in [-0.25, -0.2) is 9.78 Å². The van der Waals surface area contributed by atoms with E-state index in [2.05, 4.69) is 4.89 Å². The van der Waals surface area contributed by atoms with Crippen LogP contribution in [0.1, 0.15) is 6.42 Å². The summed E-state index contributed by atoms with van der Waals surface area (Å²) in [4.78, 5) is 11.5. The summed E-state index contributed by atoms with van der Waals surface area (Å²) in [6, 6.07) is 0. The molecule has 0 bridgehead atoms. The molecule has 3 heteroatoms. The third-order valence-corrected chi connectivity index (χ3v) is 1.20. The molecule has 0 aliphatic carbocycles. The van der Waals surface area contributed by atoms with Crippen molar-refractivity contribution in [3.63, 3.8) is 0 Å². The predicted molar refractivity (Wildman–Crippen MR) is 29.1 cm³/mol. The zero-order valence-corrected chi connectivity index (χ0v) is 5.26. The molecule has 0 N–H and O–H groups in total. The highest BCUT2D eigenvalue weighted by atomic mass is 17.2. The molecule has 0 amide bonds. The lowest BCUT2D eigenvalue weighted by atomic mass is 10.4. The highest BCUT2D eigenvalue weighted by Crippen LogP contribution is 2.09. The van der Waals surface area contributed by atoms with E-state index in [1.807, 2.05) is 19.0 Å². The second-order valence-electron chi connectivity index (χ2n) is 2.13. The highest BCUT2D eigenvalue weighted by molar-refractivity contribution is 4.54. The Morgan fingerprint density at radius 3 is 2.50 bits per heavy atom. The van der Waals surface area contributed by atoms with E-state index in [-0.39, 0.29) is 6.23 Å². The molecule has 1 heterocycles. The second-order valence-corrected chi connectivity index (χ2v) is 2.13. The molecule has 3 nitrogen and oxygen atoms in total. The molecule has 8 heavy (non-hydrogen) atoms. The molecule has 1 aliphatic heterocycles. The molecule has 1 atom stereocenters. The van der Waals surface area contributed by atoms with Gasteiger partial charge in [-0.3, -0.25) is 4.90 Å². The molecule has 0 spiro atoms. The molecule has 0 aromatic heterocycles. The van der Waals surface area contributed by atoms with Crippen LogP contribution in [0.2, 0.25) is 0 Å². The fraction of sp³-hybridized carbons (Fsp3) is 1.00. The maximum absolute atomic E-state index is 4.84. The molecule has 48 valence electrons. The summed E-state index contributed by atoms with van der Waals surface area (Å²) in [5.41, 5.74) is 0. The standard InChI is InChI=1S/C5H11NO2/c1-6(2)5-3-4-7-8-5/h5H,3-4H2,1-2H3. The fourth-order valence-electron chi connectivity index (χ4n) is 0.668. The van der Waals surface area contributed by atoms with Gasteiger partial charge in [-0.05, 0) is 14.1 Å². The van der Waals surface area contributed by atoms with E-state index in [1.165, 1.54) is 0 Å². The molecular formula is C5H11NO2. The van der Waals surface area contributed by atoms with Crippen LogP contribution >= 0.6 is 0 Å². The Morgan fingerprint density at radius 2 is 2.25 bits per heavy atom. The summed E-state index contributed by atoms with van der Waals surface area (Å²) in [5, 5.41) is 0. The number of hydrogen-bond acceptors (Lipinski definition) is 3. The van der Waals surface area contributed by atoms with Crippen LogP contribution in [0.4, 0.5) is 0 Å². The normalized spacial score (nSPS) is 29.6. The lowest BCUT2D eigenvalue weighted by molar-refractivity contribution is -0.296. The van der Waals surface area contributed by atoms with Crippen molar-refractivity contribution in [1.29, 1.82) is 0 Å². The summed E-state index contributed by atoms with van der Waals surface area (Å²) in [6.07, 6.45) is 1.16. The minimum Gasteiger partial charge on any atom is -0.282 e. The monoisotopic (exact) mass is 117 g/mol. The minimum atomic E-state index is 0.176. The zero-order valence-electron chi connectivity index (χ0n) is 5.26. The van der Waals surface area contributed by atoms with Crippen LogP contribution in [-0.2, 0) is 9.78 Å². The van der Waals surface area contributed by atoms with Gasteiger partial charge >= 0.3 is 0 Å². The fourth-order valence-corrected chi connectivity index (χ4v) is 0.668. The summed E-state index contributed by atoms with van der Waals surface area (Å²) in [7, 11) is 3.94. The molecule has 1 fully saturated rings. The number of hydrogen-bond donors (Lipinski definition) is 0. The topological polar surface area (TPSA) is 21.7 Å². The summed E-state index contributed by atoms with van der Waals surface area (Å²) in [6.45, 7) is 0.725. The first-order chi connectivity index (χ1) is 3.80. The molecule has 0 saturated carbocycles. The number of nitrogens with zero attached hydrogens (tertiary/aromatic N) is 1. The highest BCUT2D eigenvalue weighted by Gasteiger charge is 2.18. The van der Waals surface area contributed by atoms with Crippen LogP contribution in [0.5, 0.6) is 0 Å². The zero-order chi connectivity index (χ0) is 5.98. The van der Waals surface area contributed by atoms with Gasteiger partial charge in [0.2, 0.25) is 0 Å². The quantitative estimate of drug-likeness (QED) is 0.459. The Bertz CT molecular complexity index is 68.8. The molecule has 1 aliphatic rings. The van der Waals surface area contributed by atoms with Gasteiger partial charge in [0.25, 0.3) is 0 Å². The van der Waals surface area contributed by atoms with E-state index in [0.29, 0.717) is 0 Å². The second kappa shape index (κ2) is 2.44. The SMILES string of the molecule is CN(C)C1CCOO1. The van der Waals surface area contributed by atoms with E-state index in [0.717, 1.165) is 13.0 Å². The van der Waals surface area contributed by atoms with E-state index in [1.54, 1.807) is 0 Å². The third-order valence-electron chi connectivity index (χ3n) is 1.20. The molecule has 0 aromatic rings. The Hall–Kier alpha value is -0.120. The van der Waals surface area contributed by atoms with Gasteiger partial charge in [0.1, 0.15) is 6.23 Å². The molecule has 1 saturated heterocycles. The Labute approximate surface area is 49.1 Å². The smallest absolute Gasteiger partial charge is 0.148 e. The van der Waals surface area contributed by atoms with Crippen molar-refractivity contribution in [3.05, 3.63) is 0 Å². The Morgan fingerprint density at radius 1 is 1.50 bits per heavy atom. The van der Waals surface area contributed by atoms with Gasteiger partial charge in [0.15, 0.2) is 0 Å². The summed E-state index contributed by atoms with van der Waals surface area (Å²) in [5.74, 6) is 0. The lowest BCUT2D eigenvalue weighted by Gasteiger charge is -2.14. The van der Waals surface area contributed by atoms with Crippen molar-refractivity contribution in [3.8, 4) is 0 Å². The van der Waals surface area contributed by atoms with Crippen molar-refractivity contribution in [1.82, 2.24) is 4.90 Å². The van der Waals surface area contributed by atoms with Crippen LogP contribution in [0.25, 0.3) is 0 Å². The minimum absolute atomic E-state index is 0.176. The lowest BCUT2D eigenvalue weighted by Crippen LogP contribution is -2.26. The third kappa shape index (κ3) is 1.18. The van der Waals surface area contributed by atoms with E-state index >= 15 is 0 Å². The van der Waals surface area contributed by atoms with Crippen molar-refractivity contribution in [2.24, 2.45) is 0 Å². The van der Waals surface area contributed by atoms with E-state index in [9.17, 15) is 0 Å². The van der Waals surface area contributed by atoms with E-state index < -0.39 is 0 Å². The van der Waals surface area contributed by atoms with Gasteiger partial charge in [-0.1, -0.05) is 0 Å². The molecule has 1 rings (SSSR count). The van der Waals surface area contributed by atoms with Gasteiger partial charge in [-0.15, -0.1) is 0 Å². The molecule has 1 unspecified atom stereocenters. The maximum atomic E-state index is 4.84. The number of rotatable bonds is 1. The van der Waals surface area contributed by atoms with Crippen LogP contribution in [0.15, 0.2) is 0 Å². The van der Waals surface area contributed by atoms with Crippen LogP contribution in [0.3, 0.4) is 0 Å². The Kier molecular flexibility index (Phi) is 1.83. The first-order valence-corrected chi connectivity index (χ1v) is 2.75. The average molecular weight is 117 g/mol. The van der Waals surface area contributed by atoms with Gasteiger partial charge in [0.05, 0.1) is 6.61 Å². The summed E-state index contributed by atoms with van der Waals surface area (Å²) >= 11 is 0.